The van der Waals surface area contributed by atoms with Gasteiger partial charge in [0.05, 0.1) is 38.6 Å². The summed E-state index contributed by atoms with van der Waals surface area (Å²) in [5, 5.41) is 121. The lowest BCUT2D eigenvalue weighted by atomic mass is 9.96. The average Bonchev–Trinajstić information content (AvgIpc) is 0.772. The number of aliphatic hydroxyl groups excluding tert-OH is 11. The van der Waals surface area contributed by atoms with E-state index in [1.165, 1.54) is 334 Å². The van der Waals surface area contributed by atoms with E-state index in [2.05, 4.69) is 31.3 Å². The molecule has 19 heteroatoms. The number of hydrogen-bond donors (Lipinski definition) is 12. The fourth-order valence-electron chi connectivity index (χ4n) is 15.7. The van der Waals surface area contributed by atoms with Gasteiger partial charge in [0.1, 0.15) is 73.2 Å². The standard InChI is InChI=1S/C89H169NO18/c1-3-5-7-9-11-13-15-17-19-21-23-25-27-29-31-33-35-36-37-39-41-43-45-47-49-51-53-55-57-59-61-63-65-67-77(95)90-72(73(94)66-64-62-60-58-56-54-52-50-48-46-44-42-40-38-34-32-30-28-26-24-22-20-18-16-14-12-10-8-6-4-2)71-103-87-83(101)80(98)85(75(69-92)105-87)108-89-84(102)81(99)86(76(70-93)106-89)107-88-82(100)79(97)78(96)74(68-91)104-88/h56,58,64,66,72-76,78-89,91-94,96-102H,3-55,57,59-63,65,67-71H2,1-2H3,(H,90,95)/b58-56+,66-64+. The zero-order chi connectivity index (χ0) is 78.1. The third-order valence-electron chi connectivity index (χ3n) is 23.0. The molecule has 3 fully saturated rings. The van der Waals surface area contributed by atoms with Crippen LogP contribution in [0.25, 0.3) is 0 Å². The van der Waals surface area contributed by atoms with Crippen LogP contribution in [0, 0.1) is 0 Å². The van der Waals surface area contributed by atoms with Crippen molar-refractivity contribution in [1.29, 1.82) is 0 Å². The highest BCUT2D eigenvalue weighted by molar-refractivity contribution is 5.76. The molecule has 638 valence electrons. The third-order valence-corrected chi connectivity index (χ3v) is 23.0. The summed E-state index contributed by atoms with van der Waals surface area (Å²) >= 11 is 0. The Morgan fingerprint density at radius 1 is 0.324 bits per heavy atom. The number of hydrogen-bond acceptors (Lipinski definition) is 18. The van der Waals surface area contributed by atoms with E-state index in [4.69, 9.17) is 28.4 Å². The van der Waals surface area contributed by atoms with Gasteiger partial charge in [0.15, 0.2) is 18.9 Å². The number of nitrogens with one attached hydrogen (secondary N) is 1. The molecule has 3 aliphatic heterocycles. The zero-order valence-electron chi connectivity index (χ0n) is 68.9. The van der Waals surface area contributed by atoms with E-state index in [0.717, 1.165) is 38.5 Å². The predicted molar refractivity (Wildman–Crippen MR) is 434 cm³/mol. The van der Waals surface area contributed by atoms with Gasteiger partial charge in [-0.1, -0.05) is 391 Å². The molecule has 12 N–H and O–H groups in total. The Morgan fingerprint density at radius 3 is 0.926 bits per heavy atom. The van der Waals surface area contributed by atoms with Crippen LogP contribution < -0.4 is 5.32 Å². The summed E-state index contributed by atoms with van der Waals surface area (Å²) in [5.41, 5.74) is 0. The largest absolute Gasteiger partial charge is 0.394 e. The van der Waals surface area contributed by atoms with E-state index >= 15 is 0 Å². The lowest BCUT2D eigenvalue weighted by molar-refractivity contribution is -0.379. The first kappa shape index (κ1) is 100. The number of aliphatic hydroxyl groups is 11. The quantitative estimate of drug-likeness (QED) is 0.0199. The Labute approximate surface area is 658 Å². The van der Waals surface area contributed by atoms with Crippen molar-refractivity contribution in [1.82, 2.24) is 5.32 Å². The van der Waals surface area contributed by atoms with E-state index in [1.807, 2.05) is 6.08 Å². The average molecular weight is 1540 g/mol. The van der Waals surface area contributed by atoms with Crippen LogP contribution in [-0.4, -0.2) is 193 Å². The third kappa shape index (κ3) is 48.0. The molecular weight excluding hydrogens is 1370 g/mol. The monoisotopic (exact) mass is 1540 g/mol. The summed E-state index contributed by atoms with van der Waals surface area (Å²) in [4.78, 5) is 13.5. The van der Waals surface area contributed by atoms with Crippen LogP contribution >= 0.6 is 0 Å². The maximum absolute atomic E-state index is 13.5. The van der Waals surface area contributed by atoms with Crippen molar-refractivity contribution in [2.45, 2.75) is 510 Å². The molecule has 0 bridgehead atoms. The highest BCUT2D eigenvalue weighted by Crippen LogP contribution is 2.34. The van der Waals surface area contributed by atoms with E-state index in [0.29, 0.717) is 12.8 Å². The van der Waals surface area contributed by atoms with Crippen LogP contribution in [0.2, 0.25) is 0 Å². The van der Waals surface area contributed by atoms with Gasteiger partial charge in [0.25, 0.3) is 0 Å². The van der Waals surface area contributed by atoms with Crippen LogP contribution in [0.1, 0.15) is 406 Å². The number of unbranched alkanes of at least 4 members (excludes halogenated alkanes) is 57. The number of carbonyl (C=O) groups excluding carboxylic acids is 1. The molecule has 0 aliphatic carbocycles. The number of rotatable bonds is 75. The molecule has 1 amide bonds. The highest BCUT2D eigenvalue weighted by atomic mass is 16.8. The van der Waals surface area contributed by atoms with Crippen molar-refractivity contribution in [3.8, 4) is 0 Å². The van der Waals surface area contributed by atoms with Crippen molar-refractivity contribution in [3.05, 3.63) is 24.3 Å². The lowest BCUT2D eigenvalue weighted by Crippen LogP contribution is -2.66. The molecule has 3 heterocycles. The van der Waals surface area contributed by atoms with Gasteiger partial charge in [-0.2, -0.15) is 0 Å². The molecule has 0 spiro atoms. The van der Waals surface area contributed by atoms with E-state index < -0.39 is 124 Å². The topological polar surface area (TPSA) is 307 Å². The van der Waals surface area contributed by atoms with E-state index in [1.54, 1.807) is 6.08 Å². The minimum atomic E-state index is -1.98. The van der Waals surface area contributed by atoms with Crippen LogP contribution in [0.5, 0.6) is 0 Å². The molecule has 0 aromatic carbocycles. The van der Waals surface area contributed by atoms with Crippen LogP contribution in [0.4, 0.5) is 0 Å². The van der Waals surface area contributed by atoms with Crippen LogP contribution in [0.3, 0.4) is 0 Å². The molecule has 0 radical (unpaired) electrons. The van der Waals surface area contributed by atoms with Gasteiger partial charge in [0.2, 0.25) is 5.91 Å². The molecule has 17 atom stereocenters. The summed E-state index contributed by atoms with van der Waals surface area (Å²) in [6, 6.07) is -0.989. The molecule has 3 rings (SSSR count). The molecule has 3 saturated heterocycles. The fourth-order valence-corrected chi connectivity index (χ4v) is 15.7. The molecule has 108 heavy (non-hydrogen) atoms. The molecule has 0 aromatic heterocycles. The van der Waals surface area contributed by atoms with Crippen molar-refractivity contribution >= 4 is 5.91 Å². The van der Waals surface area contributed by atoms with Gasteiger partial charge in [-0.05, 0) is 32.1 Å². The molecule has 17 unspecified atom stereocenters. The Bertz CT molecular complexity index is 2040. The molecule has 0 aromatic rings. The van der Waals surface area contributed by atoms with Crippen molar-refractivity contribution < 1.29 is 89.4 Å². The normalized spacial score (nSPS) is 25.4. The van der Waals surface area contributed by atoms with Crippen LogP contribution in [-0.2, 0) is 33.2 Å². The second kappa shape index (κ2) is 69.6. The summed E-state index contributed by atoms with van der Waals surface area (Å²) in [6.45, 7) is 1.80. The predicted octanol–water partition coefficient (Wildman–Crippen LogP) is 17.2. The summed E-state index contributed by atoms with van der Waals surface area (Å²) < 4.78 is 34.5. The fraction of sp³-hybridized carbons (Fsp3) is 0.944. The van der Waals surface area contributed by atoms with E-state index in [-0.39, 0.29) is 18.9 Å². The first-order valence-electron chi connectivity index (χ1n) is 45.6. The minimum absolute atomic E-state index is 0.241. The number of allylic oxidation sites excluding steroid dienone is 3. The number of ether oxygens (including phenoxy) is 6. The summed E-state index contributed by atoms with van der Waals surface area (Å²) in [7, 11) is 0. The summed E-state index contributed by atoms with van der Waals surface area (Å²) in [6.07, 6.45) is 60.6. The van der Waals surface area contributed by atoms with Gasteiger partial charge in [-0.3, -0.25) is 4.79 Å². The van der Waals surface area contributed by atoms with Crippen molar-refractivity contribution in [3.63, 3.8) is 0 Å². The van der Waals surface area contributed by atoms with Gasteiger partial charge in [-0.15, -0.1) is 0 Å². The Balaban J connectivity index is 1.33. The highest BCUT2D eigenvalue weighted by Gasteiger charge is 2.54. The minimum Gasteiger partial charge on any atom is -0.394 e. The van der Waals surface area contributed by atoms with Gasteiger partial charge in [0, 0.05) is 6.42 Å². The van der Waals surface area contributed by atoms with Gasteiger partial charge >= 0.3 is 0 Å². The molecule has 0 saturated carbocycles. The number of amides is 1. The first-order chi connectivity index (χ1) is 52.8. The number of carbonyl (C=O) groups is 1. The van der Waals surface area contributed by atoms with Crippen LogP contribution in [0.15, 0.2) is 24.3 Å². The summed E-state index contributed by atoms with van der Waals surface area (Å²) in [5.74, 6) is -0.275. The Morgan fingerprint density at radius 2 is 0.593 bits per heavy atom. The molecule has 3 aliphatic rings. The lowest BCUT2D eigenvalue weighted by Gasteiger charge is -2.48. The van der Waals surface area contributed by atoms with Gasteiger partial charge < -0.3 is 89.9 Å². The maximum Gasteiger partial charge on any atom is 0.220 e. The second-order valence-corrected chi connectivity index (χ2v) is 32.8. The van der Waals surface area contributed by atoms with E-state index in [9.17, 15) is 61.0 Å². The van der Waals surface area contributed by atoms with Crippen molar-refractivity contribution in [2.75, 3.05) is 26.4 Å². The maximum atomic E-state index is 13.5. The molecule has 19 nitrogen and oxygen atoms in total. The Hall–Kier alpha value is -1.73. The van der Waals surface area contributed by atoms with Crippen molar-refractivity contribution in [2.24, 2.45) is 0 Å². The SMILES string of the molecule is CCCCCCCCCCCCCCCCCCCCCCCCCC/C=C/CC/C=C/C(O)C(COC1OC(CO)C(OC2OC(CO)C(OC3OC(CO)C(O)C(O)C3O)C(O)C2O)C(O)C1O)NC(=O)CCCCCCCCCCCCCCCCCCCCCCCCCCCCCCCCCCC. The second-order valence-electron chi connectivity index (χ2n) is 32.8. The smallest absolute Gasteiger partial charge is 0.220 e. The Kier molecular flexibility index (Phi) is 64.7. The molecular formula is C89H169NO18. The first-order valence-corrected chi connectivity index (χ1v) is 45.6. The zero-order valence-corrected chi connectivity index (χ0v) is 68.9. The van der Waals surface area contributed by atoms with Gasteiger partial charge in [-0.25, -0.2) is 0 Å².